The molecule has 0 unspecified atom stereocenters. The number of anilines is 1. The molecule has 0 saturated heterocycles. The summed E-state index contributed by atoms with van der Waals surface area (Å²) < 4.78 is 10.6. The highest BCUT2D eigenvalue weighted by atomic mass is 35.5. The molecule has 0 aliphatic carbocycles. The number of hydrogen-bond acceptors (Lipinski definition) is 4. The molecule has 0 bridgehead atoms. The Morgan fingerprint density at radius 1 is 1.26 bits per heavy atom. The molecule has 2 aromatic rings. The van der Waals surface area contributed by atoms with Gasteiger partial charge in [-0.3, -0.25) is 14.5 Å². The molecule has 3 rings (SSSR count). The van der Waals surface area contributed by atoms with E-state index in [-0.39, 0.29) is 25.0 Å². The van der Waals surface area contributed by atoms with Gasteiger partial charge < -0.3 is 14.4 Å². The molecule has 0 saturated carbocycles. The third kappa shape index (κ3) is 4.78. The smallest absolute Gasteiger partial charge is 0.265 e. The number of halogens is 1. The van der Waals surface area contributed by atoms with Crippen LogP contribution in [0, 0.1) is 0 Å². The molecule has 0 spiro atoms. The fraction of sp³-hybridized carbons (Fsp3) is 0.300. The van der Waals surface area contributed by atoms with E-state index in [0.717, 1.165) is 5.56 Å². The van der Waals surface area contributed by atoms with E-state index in [1.807, 2.05) is 30.3 Å². The lowest BCUT2D eigenvalue weighted by molar-refractivity contribution is -0.133. The maximum absolute atomic E-state index is 13.0. The average molecular weight is 389 g/mol. The summed E-state index contributed by atoms with van der Waals surface area (Å²) in [6.45, 7) is 1.12. The predicted octanol–water partition coefficient (Wildman–Crippen LogP) is 2.74. The zero-order chi connectivity index (χ0) is 19.2. The Kier molecular flexibility index (Phi) is 6.32. The Morgan fingerprint density at radius 3 is 2.78 bits per heavy atom. The van der Waals surface area contributed by atoms with E-state index >= 15 is 0 Å². The molecule has 0 N–H and O–H groups in total. The number of fused-ring (bicyclic) bond motifs is 1. The van der Waals surface area contributed by atoms with Crippen LogP contribution in [0.1, 0.15) is 5.56 Å². The van der Waals surface area contributed by atoms with Gasteiger partial charge in [0.2, 0.25) is 5.91 Å². The van der Waals surface area contributed by atoms with E-state index in [1.54, 1.807) is 30.2 Å². The van der Waals surface area contributed by atoms with Gasteiger partial charge in [-0.15, -0.1) is 0 Å². The van der Waals surface area contributed by atoms with Crippen molar-refractivity contribution in [1.82, 2.24) is 4.90 Å². The number of benzene rings is 2. The van der Waals surface area contributed by atoms with Crippen LogP contribution in [0.5, 0.6) is 5.75 Å². The fourth-order valence-corrected chi connectivity index (χ4v) is 3.05. The molecule has 1 heterocycles. The van der Waals surface area contributed by atoms with Gasteiger partial charge in [-0.1, -0.05) is 41.9 Å². The second kappa shape index (κ2) is 8.88. The van der Waals surface area contributed by atoms with Crippen LogP contribution in [0.2, 0.25) is 5.02 Å². The number of nitrogens with zero attached hydrogens (tertiary/aromatic N) is 2. The third-order valence-electron chi connectivity index (χ3n) is 4.29. The lowest BCUT2D eigenvalue weighted by Crippen LogP contribution is -2.47. The maximum Gasteiger partial charge on any atom is 0.265 e. The summed E-state index contributed by atoms with van der Waals surface area (Å²) in [7, 11) is 1.59. The minimum atomic E-state index is -0.274. The van der Waals surface area contributed by atoms with Gasteiger partial charge in [-0.05, 0) is 23.8 Å². The van der Waals surface area contributed by atoms with Crippen molar-refractivity contribution < 1.29 is 19.1 Å². The third-order valence-corrected chi connectivity index (χ3v) is 4.53. The van der Waals surface area contributed by atoms with E-state index in [2.05, 4.69) is 0 Å². The van der Waals surface area contributed by atoms with Gasteiger partial charge in [0.25, 0.3) is 5.91 Å². The maximum atomic E-state index is 13.0. The number of carbonyl (C=O) groups is 2. The highest BCUT2D eigenvalue weighted by Gasteiger charge is 2.29. The van der Waals surface area contributed by atoms with E-state index in [1.165, 1.54) is 4.90 Å². The number of methoxy groups -OCH3 is 1. The van der Waals surface area contributed by atoms with Gasteiger partial charge >= 0.3 is 0 Å². The Labute approximate surface area is 163 Å². The molecule has 2 aromatic carbocycles. The number of rotatable bonds is 7. The van der Waals surface area contributed by atoms with Crippen molar-refractivity contribution in [3.8, 4) is 5.75 Å². The van der Waals surface area contributed by atoms with Crippen LogP contribution in [0.4, 0.5) is 5.69 Å². The van der Waals surface area contributed by atoms with Gasteiger partial charge in [0.1, 0.15) is 12.3 Å². The van der Waals surface area contributed by atoms with Crippen LogP contribution in [0.3, 0.4) is 0 Å². The number of amides is 2. The molecule has 2 amide bonds. The first-order valence-electron chi connectivity index (χ1n) is 8.62. The highest BCUT2D eigenvalue weighted by molar-refractivity contribution is 6.31. The average Bonchev–Trinajstić information content (AvgIpc) is 2.68. The van der Waals surface area contributed by atoms with Crippen LogP contribution < -0.4 is 9.64 Å². The Hall–Kier alpha value is -2.57. The summed E-state index contributed by atoms with van der Waals surface area (Å²) in [6, 6.07) is 14.7. The van der Waals surface area contributed by atoms with Crippen molar-refractivity contribution in [2.75, 3.05) is 38.3 Å². The monoisotopic (exact) mass is 388 g/mol. The summed E-state index contributed by atoms with van der Waals surface area (Å²) in [6.07, 6.45) is 0. The largest absolute Gasteiger partial charge is 0.482 e. The van der Waals surface area contributed by atoms with Gasteiger partial charge in [-0.25, -0.2) is 0 Å². The molecule has 1 aliphatic heterocycles. The summed E-state index contributed by atoms with van der Waals surface area (Å²) in [5.41, 5.74) is 1.53. The minimum Gasteiger partial charge on any atom is -0.482 e. The molecule has 0 aromatic heterocycles. The van der Waals surface area contributed by atoms with Crippen molar-refractivity contribution in [2.45, 2.75) is 6.54 Å². The normalized spacial score (nSPS) is 13.1. The Balaban J connectivity index is 1.78. The van der Waals surface area contributed by atoms with Gasteiger partial charge in [0.15, 0.2) is 6.61 Å². The Bertz CT molecular complexity index is 813. The molecule has 142 valence electrons. The lowest BCUT2D eigenvalue weighted by Gasteiger charge is -2.31. The predicted molar refractivity (Wildman–Crippen MR) is 103 cm³/mol. The number of carbonyl (C=O) groups excluding carboxylic acids is 2. The van der Waals surface area contributed by atoms with Crippen molar-refractivity contribution in [2.24, 2.45) is 0 Å². The van der Waals surface area contributed by atoms with Crippen LogP contribution in [-0.2, 0) is 20.9 Å². The first kappa shape index (κ1) is 19.2. The zero-order valence-corrected chi connectivity index (χ0v) is 15.8. The number of hydrogen-bond donors (Lipinski definition) is 0. The van der Waals surface area contributed by atoms with Crippen LogP contribution in [0.25, 0.3) is 0 Å². The van der Waals surface area contributed by atoms with E-state index in [4.69, 9.17) is 21.1 Å². The van der Waals surface area contributed by atoms with Crippen LogP contribution in [-0.4, -0.2) is 50.1 Å². The van der Waals surface area contributed by atoms with Crippen molar-refractivity contribution in [3.05, 3.63) is 59.1 Å². The molecular weight excluding hydrogens is 368 g/mol. The van der Waals surface area contributed by atoms with Gasteiger partial charge in [0.05, 0.1) is 12.3 Å². The second-order valence-electron chi connectivity index (χ2n) is 6.17. The molecule has 0 fully saturated rings. The van der Waals surface area contributed by atoms with Gasteiger partial charge in [-0.2, -0.15) is 0 Å². The van der Waals surface area contributed by atoms with Crippen molar-refractivity contribution >= 4 is 29.1 Å². The number of ether oxygens (including phenoxy) is 2. The second-order valence-corrected chi connectivity index (χ2v) is 6.61. The first-order chi connectivity index (χ1) is 13.1. The van der Waals surface area contributed by atoms with E-state index in [0.29, 0.717) is 36.2 Å². The molecular formula is C20H21ClN2O4. The quantitative estimate of drug-likeness (QED) is 0.731. The fourth-order valence-electron chi connectivity index (χ4n) is 2.88. The lowest BCUT2D eigenvalue weighted by atomic mass is 10.2. The molecule has 1 aliphatic rings. The summed E-state index contributed by atoms with van der Waals surface area (Å²) in [5.74, 6) is 0.0971. The minimum absolute atomic E-state index is 0.0773. The van der Waals surface area contributed by atoms with Crippen molar-refractivity contribution in [1.29, 1.82) is 0 Å². The molecule has 6 nitrogen and oxygen atoms in total. The van der Waals surface area contributed by atoms with Crippen LogP contribution in [0.15, 0.2) is 48.5 Å². The topological polar surface area (TPSA) is 59.1 Å². The summed E-state index contributed by atoms with van der Waals surface area (Å²) in [5, 5.41) is 0.477. The molecule has 27 heavy (non-hydrogen) atoms. The highest BCUT2D eigenvalue weighted by Crippen LogP contribution is 2.34. The molecule has 0 atom stereocenters. The van der Waals surface area contributed by atoms with E-state index < -0.39 is 0 Å². The standard InChI is InChI=1S/C20H21ClN2O4/c1-26-10-9-22(12-15-5-3-2-4-6-15)19(24)13-23-17-11-16(21)7-8-18(17)27-14-20(23)25/h2-8,11H,9-10,12-14H2,1H3. The zero-order valence-electron chi connectivity index (χ0n) is 15.1. The summed E-state index contributed by atoms with van der Waals surface area (Å²) >= 11 is 6.06. The van der Waals surface area contributed by atoms with Crippen molar-refractivity contribution in [3.63, 3.8) is 0 Å². The summed E-state index contributed by atoms with van der Waals surface area (Å²) in [4.78, 5) is 28.4. The Morgan fingerprint density at radius 2 is 2.04 bits per heavy atom. The SMILES string of the molecule is COCCN(Cc1ccccc1)C(=O)CN1C(=O)COc2ccc(Cl)cc21. The van der Waals surface area contributed by atoms with Gasteiger partial charge in [0, 0.05) is 25.2 Å². The van der Waals surface area contributed by atoms with E-state index in [9.17, 15) is 9.59 Å². The first-order valence-corrected chi connectivity index (χ1v) is 8.99. The molecule has 0 radical (unpaired) electrons. The molecule has 7 heteroatoms. The van der Waals surface area contributed by atoms with Crippen LogP contribution >= 0.6 is 11.6 Å².